The minimum absolute atomic E-state index is 0.273. The number of aromatic nitrogens is 3. The van der Waals surface area contributed by atoms with E-state index < -0.39 is 0 Å². The van der Waals surface area contributed by atoms with E-state index in [-0.39, 0.29) is 11.8 Å². The van der Waals surface area contributed by atoms with Crippen LogP contribution in [0.5, 0.6) is 0 Å². The van der Waals surface area contributed by atoms with Crippen molar-refractivity contribution in [3.8, 4) is 28.2 Å². The highest BCUT2D eigenvalue weighted by molar-refractivity contribution is 6.09. The second-order valence-electron chi connectivity index (χ2n) is 12.8. The summed E-state index contributed by atoms with van der Waals surface area (Å²) in [7, 11) is 0. The van der Waals surface area contributed by atoms with Gasteiger partial charge in [-0.15, -0.1) is 0 Å². The van der Waals surface area contributed by atoms with E-state index in [0.717, 1.165) is 49.9 Å². The van der Waals surface area contributed by atoms with Gasteiger partial charge in [0.25, 0.3) is 0 Å². The van der Waals surface area contributed by atoms with Crippen molar-refractivity contribution in [2.75, 3.05) is 0 Å². The molecular weight excluding hydrogens is 550 g/mol. The second kappa shape index (κ2) is 10.4. The normalized spacial score (nSPS) is 12.1. The molecule has 5 aromatic carbocycles. The SMILES string of the molecule is Cc1ccc2c(c1)oc1c(-c3nc4ccccc4n3-c3c(C(C)C)cc(-c4ccc5ccccc5c4)cc3C(C)C)cncc12. The largest absolute Gasteiger partial charge is 0.455 e. The highest BCUT2D eigenvalue weighted by Gasteiger charge is 2.25. The summed E-state index contributed by atoms with van der Waals surface area (Å²) in [5.41, 5.74) is 12.0. The van der Waals surface area contributed by atoms with Gasteiger partial charge in [0, 0.05) is 23.2 Å². The van der Waals surface area contributed by atoms with E-state index in [1.807, 2.05) is 12.4 Å². The Bertz CT molecular complexity index is 2380. The maximum Gasteiger partial charge on any atom is 0.151 e. The van der Waals surface area contributed by atoms with E-state index in [4.69, 9.17) is 14.4 Å². The fraction of sp³-hybridized carbons (Fsp3) is 0.171. The van der Waals surface area contributed by atoms with Gasteiger partial charge in [-0.3, -0.25) is 9.55 Å². The zero-order chi connectivity index (χ0) is 30.8. The van der Waals surface area contributed by atoms with Crippen molar-refractivity contribution in [1.29, 1.82) is 0 Å². The molecule has 0 aliphatic carbocycles. The van der Waals surface area contributed by atoms with Crippen molar-refractivity contribution in [3.63, 3.8) is 0 Å². The molecule has 0 bridgehead atoms. The number of fused-ring (bicyclic) bond motifs is 5. The number of hydrogen-bond donors (Lipinski definition) is 0. The Kier molecular flexibility index (Phi) is 6.35. The molecule has 45 heavy (non-hydrogen) atoms. The molecule has 4 heteroatoms. The van der Waals surface area contributed by atoms with Crippen molar-refractivity contribution >= 4 is 43.7 Å². The van der Waals surface area contributed by atoms with Crippen molar-refractivity contribution < 1.29 is 4.42 Å². The van der Waals surface area contributed by atoms with Gasteiger partial charge in [-0.25, -0.2) is 4.98 Å². The Morgan fingerprint density at radius 3 is 2.18 bits per heavy atom. The Morgan fingerprint density at radius 1 is 0.667 bits per heavy atom. The van der Waals surface area contributed by atoms with Crippen LogP contribution in [0.15, 0.2) is 114 Å². The molecule has 8 aromatic rings. The molecule has 0 unspecified atom stereocenters. The zero-order valence-corrected chi connectivity index (χ0v) is 26.3. The monoisotopic (exact) mass is 585 g/mol. The summed E-state index contributed by atoms with van der Waals surface area (Å²) in [6.45, 7) is 11.2. The van der Waals surface area contributed by atoms with E-state index in [1.54, 1.807) is 0 Å². The summed E-state index contributed by atoms with van der Waals surface area (Å²) in [6.07, 6.45) is 3.81. The van der Waals surface area contributed by atoms with Gasteiger partial charge in [0.2, 0.25) is 0 Å². The van der Waals surface area contributed by atoms with Gasteiger partial charge < -0.3 is 4.42 Å². The van der Waals surface area contributed by atoms with Crippen molar-refractivity contribution in [2.45, 2.75) is 46.5 Å². The fourth-order valence-corrected chi connectivity index (χ4v) is 6.74. The van der Waals surface area contributed by atoms with Crippen LogP contribution < -0.4 is 0 Å². The number of hydrogen-bond acceptors (Lipinski definition) is 3. The third-order valence-corrected chi connectivity index (χ3v) is 9.06. The smallest absolute Gasteiger partial charge is 0.151 e. The minimum Gasteiger partial charge on any atom is -0.455 e. The van der Waals surface area contributed by atoms with Crippen LogP contribution in [0.1, 0.15) is 56.2 Å². The predicted molar refractivity (Wildman–Crippen MR) is 187 cm³/mol. The molecule has 0 saturated carbocycles. The first kappa shape index (κ1) is 27.3. The third kappa shape index (κ3) is 4.43. The number of furan rings is 1. The van der Waals surface area contributed by atoms with Gasteiger partial charge >= 0.3 is 0 Å². The van der Waals surface area contributed by atoms with E-state index in [0.29, 0.717) is 0 Å². The number of benzene rings is 5. The van der Waals surface area contributed by atoms with E-state index >= 15 is 0 Å². The average molecular weight is 586 g/mol. The standard InChI is InChI=1S/C41H35N3O/c1-24(2)32-20-30(29-16-15-27-10-6-7-11-28(27)19-29)21-33(25(3)4)39(32)44-37-13-9-8-12-36(37)43-41(44)35-23-42-22-34-31-17-14-26(5)18-38(31)45-40(34)35/h6-25H,1-5H3. The van der Waals surface area contributed by atoms with Gasteiger partial charge in [0.1, 0.15) is 11.2 Å². The molecular formula is C41H35N3O. The summed E-state index contributed by atoms with van der Waals surface area (Å²) < 4.78 is 8.94. The Balaban J connectivity index is 1.44. The topological polar surface area (TPSA) is 43.9 Å². The Morgan fingerprint density at radius 2 is 1.40 bits per heavy atom. The van der Waals surface area contributed by atoms with Gasteiger partial charge in [-0.05, 0) is 93.7 Å². The molecule has 0 spiro atoms. The van der Waals surface area contributed by atoms with Crippen LogP contribution in [0.2, 0.25) is 0 Å². The molecule has 0 radical (unpaired) electrons. The first-order valence-corrected chi connectivity index (χ1v) is 15.8. The first-order chi connectivity index (χ1) is 21.9. The second-order valence-corrected chi connectivity index (χ2v) is 12.8. The van der Waals surface area contributed by atoms with Crippen LogP contribution in [0.3, 0.4) is 0 Å². The lowest BCUT2D eigenvalue weighted by Crippen LogP contribution is -2.09. The molecule has 0 aliphatic heterocycles. The van der Waals surface area contributed by atoms with Crippen LogP contribution >= 0.6 is 0 Å². The fourth-order valence-electron chi connectivity index (χ4n) is 6.74. The summed E-state index contributed by atoms with van der Waals surface area (Å²) in [4.78, 5) is 10.00. The van der Waals surface area contributed by atoms with Crippen LogP contribution in [0.4, 0.5) is 0 Å². The quantitative estimate of drug-likeness (QED) is 0.202. The maximum atomic E-state index is 6.58. The number of pyridine rings is 1. The van der Waals surface area contributed by atoms with Gasteiger partial charge in [0.15, 0.2) is 5.82 Å². The highest BCUT2D eigenvalue weighted by atomic mass is 16.3. The molecule has 0 aliphatic rings. The summed E-state index contributed by atoms with van der Waals surface area (Å²) in [5.74, 6) is 1.39. The van der Waals surface area contributed by atoms with Gasteiger partial charge in [-0.2, -0.15) is 0 Å². The molecule has 0 fully saturated rings. The average Bonchev–Trinajstić information content (AvgIpc) is 3.61. The van der Waals surface area contributed by atoms with Gasteiger partial charge in [0.05, 0.1) is 22.3 Å². The summed E-state index contributed by atoms with van der Waals surface area (Å²) >= 11 is 0. The maximum absolute atomic E-state index is 6.58. The Hall–Kier alpha value is -5.22. The molecule has 0 atom stereocenters. The van der Waals surface area contributed by atoms with E-state index in [9.17, 15) is 0 Å². The van der Waals surface area contributed by atoms with Crippen LogP contribution in [-0.2, 0) is 0 Å². The Labute approximate surface area is 263 Å². The van der Waals surface area contributed by atoms with E-state index in [1.165, 1.54) is 38.7 Å². The number of nitrogens with zero attached hydrogens (tertiary/aromatic N) is 3. The number of para-hydroxylation sites is 2. The van der Waals surface area contributed by atoms with Gasteiger partial charge in [-0.1, -0.05) is 88.4 Å². The zero-order valence-electron chi connectivity index (χ0n) is 26.3. The number of imidazole rings is 1. The summed E-state index contributed by atoms with van der Waals surface area (Å²) in [5, 5.41) is 4.57. The van der Waals surface area contributed by atoms with Crippen LogP contribution in [0, 0.1) is 6.92 Å². The lowest BCUT2D eigenvalue weighted by atomic mass is 9.87. The predicted octanol–water partition coefficient (Wildman–Crippen LogP) is 11.4. The van der Waals surface area contributed by atoms with Crippen molar-refractivity contribution in [2.24, 2.45) is 0 Å². The third-order valence-electron chi connectivity index (χ3n) is 9.06. The van der Waals surface area contributed by atoms with Crippen molar-refractivity contribution in [1.82, 2.24) is 14.5 Å². The molecule has 0 saturated heterocycles. The first-order valence-electron chi connectivity index (χ1n) is 15.8. The lowest BCUT2D eigenvalue weighted by molar-refractivity contribution is 0.668. The number of rotatable bonds is 5. The molecule has 0 N–H and O–H groups in total. The molecule has 0 amide bonds. The van der Waals surface area contributed by atoms with Crippen LogP contribution in [-0.4, -0.2) is 14.5 Å². The molecule has 3 aromatic heterocycles. The molecule has 4 nitrogen and oxygen atoms in total. The van der Waals surface area contributed by atoms with E-state index in [2.05, 4.69) is 136 Å². The molecule has 8 rings (SSSR count). The minimum atomic E-state index is 0.273. The lowest BCUT2D eigenvalue weighted by Gasteiger charge is -2.24. The van der Waals surface area contributed by atoms with Crippen molar-refractivity contribution in [3.05, 3.63) is 126 Å². The molecule has 3 heterocycles. The van der Waals surface area contributed by atoms with Crippen LogP contribution in [0.25, 0.3) is 71.9 Å². The highest BCUT2D eigenvalue weighted by Crippen LogP contribution is 2.42. The molecule has 220 valence electrons. The summed E-state index contributed by atoms with van der Waals surface area (Å²) in [6, 6.07) is 34.9. The number of aryl methyl sites for hydroxylation is 1.